The maximum absolute atomic E-state index is 2.42. The Kier molecular flexibility index (Phi) is 2.76. The molecular weight excluding hydrogens is 223 g/mol. The molecule has 0 aliphatic heterocycles. The van der Waals surface area contributed by atoms with E-state index in [-0.39, 0.29) is 0 Å². The van der Waals surface area contributed by atoms with E-state index >= 15 is 0 Å². The molecule has 1 heteroatoms. The van der Waals surface area contributed by atoms with Crippen LogP contribution in [0.3, 0.4) is 0 Å². The van der Waals surface area contributed by atoms with Gasteiger partial charge in [-0.1, -0.05) is 45.9 Å². The molecular formula is C8H11I. The lowest BCUT2D eigenvalue weighted by atomic mass is 10.0. The summed E-state index contributed by atoms with van der Waals surface area (Å²) in [5.41, 5.74) is 3.03. The first-order valence-corrected chi connectivity index (χ1v) is 4.77. The third kappa shape index (κ3) is 2.12. The van der Waals surface area contributed by atoms with Crippen molar-refractivity contribution in [3.63, 3.8) is 0 Å². The predicted octanol–water partition coefficient (Wildman–Crippen LogP) is 3.09. The fraction of sp³-hybridized carbons (Fsp3) is 0.500. The van der Waals surface area contributed by atoms with Crippen LogP contribution in [0.1, 0.15) is 19.8 Å². The summed E-state index contributed by atoms with van der Waals surface area (Å²) in [6.07, 6.45) is 7.13. The molecule has 0 amide bonds. The molecule has 50 valence electrons. The van der Waals surface area contributed by atoms with Gasteiger partial charge in [-0.05, 0) is 19.8 Å². The second kappa shape index (κ2) is 3.40. The normalized spacial score (nSPS) is 18.9. The number of hydrogen-bond acceptors (Lipinski definition) is 0. The first kappa shape index (κ1) is 7.32. The standard InChI is InChI=1S/C8H11I/c1-7-3-2-4-8(5-7)6-9/h3,5H,2,4,6H2,1H3. The van der Waals surface area contributed by atoms with Gasteiger partial charge in [0.1, 0.15) is 0 Å². The van der Waals surface area contributed by atoms with E-state index in [0.717, 1.165) is 0 Å². The van der Waals surface area contributed by atoms with Crippen LogP contribution in [0, 0.1) is 0 Å². The molecule has 1 aliphatic carbocycles. The molecule has 1 rings (SSSR count). The van der Waals surface area contributed by atoms with Gasteiger partial charge in [0.05, 0.1) is 0 Å². The van der Waals surface area contributed by atoms with Gasteiger partial charge in [-0.3, -0.25) is 0 Å². The molecule has 1 aliphatic rings. The van der Waals surface area contributed by atoms with Crippen molar-refractivity contribution in [1.29, 1.82) is 0 Å². The Morgan fingerprint density at radius 3 is 2.89 bits per heavy atom. The van der Waals surface area contributed by atoms with E-state index in [4.69, 9.17) is 0 Å². The Morgan fingerprint density at radius 1 is 1.67 bits per heavy atom. The maximum atomic E-state index is 2.42. The van der Waals surface area contributed by atoms with E-state index in [0.29, 0.717) is 0 Å². The second-order valence-corrected chi connectivity index (χ2v) is 3.19. The molecule has 0 spiro atoms. The zero-order valence-corrected chi connectivity index (χ0v) is 7.81. The number of halogens is 1. The van der Waals surface area contributed by atoms with Crippen molar-refractivity contribution < 1.29 is 0 Å². The maximum Gasteiger partial charge on any atom is 0.0209 e. The van der Waals surface area contributed by atoms with Gasteiger partial charge in [0.15, 0.2) is 0 Å². The lowest BCUT2D eigenvalue weighted by molar-refractivity contribution is 0.954. The zero-order chi connectivity index (χ0) is 6.69. The summed E-state index contributed by atoms with van der Waals surface area (Å²) >= 11 is 2.42. The SMILES string of the molecule is CC1=CCCC(CI)=C1. The summed E-state index contributed by atoms with van der Waals surface area (Å²) in [6, 6.07) is 0. The van der Waals surface area contributed by atoms with E-state index in [1.54, 1.807) is 5.57 Å². The Balaban J connectivity index is 2.63. The minimum absolute atomic E-state index is 1.20. The van der Waals surface area contributed by atoms with Gasteiger partial charge in [0.25, 0.3) is 0 Å². The number of allylic oxidation sites excluding steroid dienone is 4. The molecule has 0 radical (unpaired) electrons. The highest BCUT2D eigenvalue weighted by Crippen LogP contribution is 2.17. The third-order valence-corrected chi connectivity index (χ3v) is 2.51. The summed E-state index contributed by atoms with van der Waals surface area (Å²) < 4.78 is 1.20. The Morgan fingerprint density at radius 2 is 2.44 bits per heavy atom. The van der Waals surface area contributed by atoms with Crippen molar-refractivity contribution in [2.24, 2.45) is 0 Å². The molecule has 0 nitrogen and oxygen atoms in total. The van der Waals surface area contributed by atoms with Crippen molar-refractivity contribution in [2.45, 2.75) is 19.8 Å². The topological polar surface area (TPSA) is 0 Å². The molecule has 0 fully saturated rings. The Hall–Kier alpha value is 0.210. The van der Waals surface area contributed by atoms with Gasteiger partial charge >= 0.3 is 0 Å². The fourth-order valence-corrected chi connectivity index (χ4v) is 1.65. The Bertz CT molecular complexity index is 154. The zero-order valence-electron chi connectivity index (χ0n) is 5.65. The van der Waals surface area contributed by atoms with Crippen molar-refractivity contribution in [1.82, 2.24) is 0 Å². The van der Waals surface area contributed by atoms with Crippen LogP contribution < -0.4 is 0 Å². The van der Waals surface area contributed by atoms with Gasteiger partial charge in [0.2, 0.25) is 0 Å². The van der Waals surface area contributed by atoms with E-state index in [1.807, 2.05) is 0 Å². The summed E-state index contributed by atoms with van der Waals surface area (Å²) in [4.78, 5) is 0. The molecule has 0 atom stereocenters. The fourth-order valence-electron chi connectivity index (χ4n) is 1.04. The summed E-state index contributed by atoms with van der Waals surface area (Å²) in [6.45, 7) is 2.17. The van der Waals surface area contributed by atoms with E-state index in [2.05, 4.69) is 41.7 Å². The molecule has 0 saturated carbocycles. The summed E-state index contributed by atoms with van der Waals surface area (Å²) in [5, 5.41) is 0. The average molecular weight is 234 g/mol. The van der Waals surface area contributed by atoms with Gasteiger partial charge in [0, 0.05) is 4.43 Å². The molecule has 0 unspecified atom stereocenters. The predicted molar refractivity (Wildman–Crippen MR) is 50.0 cm³/mol. The first-order chi connectivity index (χ1) is 4.33. The molecule has 0 aromatic heterocycles. The number of hydrogen-bond donors (Lipinski definition) is 0. The van der Waals surface area contributed by atoms with Crippen LogP contribution in [-0.2, 0) is 0 Å². The monoisotopic (exact) mass is 234 g/mol. The second-order valence-electron chi connectivity index (χ2n) is 2.42. The van der Waals surface area contributed by atoms with Crippen LogP contribution in [0.25, 0.3) is 0 Å². The van der Waals surface area contributed by atoms with Crippen LogP contribution in [-0.4, -0.2) is 4.43 Å². The highest BCUT2D eigenvalue weighted by atomic mass is 127. The molecule has 0 N–H and O–H groups in total. The van der Waals surface area contributed by atoms with Gasteiger partial charge in [-0.25, -0.2) is 0 Å². The largest absolute Gasteiger partial charge is 0.0815 e. The van der Waals surface area contributed by atoms with Crippen LogP contribution in [0.15, 0.2) is 23.3 Å². The average Bonchev–Trinajstić information content (AvgIpc) is 1.88. The van der Waals surface area contributed by atoms with Crippen molar-refractivity contribution in [3.05, 3.63) is 23.3 Å². The molecule has 0 aromatic rings. The van der Waals surface area contributed by atoms with Crippen LogP contribution >= 0.6 is 22.6 Å². The lowest BCUT2D eigenvalue weighted by Gasteiger charge is -2.07. The summed E-state index contributed by atoms with van der Waals surface area (Å²) in [5.74, 6) is 0. The molecule has 0 bridgehead atoms. The van der Waals surface area contributed by atoms with E-state index < -0.39 is 0 Å². The van der Waals surface area contributed by atoms with E-state index in [9.17, 15) is 0 Å². The van der Waals surface area contributed by atoms with E-state index in [1.165, 1.54) is 22.8 Å². The van der Waals surface area contributed by atoms with Crippen molar-refractivity contribution >= 4 is 22.6 Å². The summed E-state index contributed by atoms with van der Waals surface area (Å²) in [7, 11) is 0. The Labute approximate surface area is 70.2 Å². The van der Waals surface area contributed by atoms with Crippen LogP contribution in [0.2, 0.25) is 0 Å². The molecule has 0 saturated heterocycles. The molecule has 9 heavy (non-hydrogen) atoms. The molecule has 0 heterocycles. The van der Waals surface area contributed by atoms with Gasteiger partial charge in [-0.15, -0.1) is 0 Å². The van der Waals surface area contributed by atoms with Crippen molar-refractivity contribution in [2.75, 3.05) is 4.43 Å². The van der Waals surface area contributed by atoms with Crippen LogP contribution in [0.5, 0.6) is 0 Å². The minimum Gasteiger partial charge on any atom is -0.0815 e. The minimum atomic E-state index is 1.20. The van der Waals surface area contributed by atoms with Gasteiger partial charge in [-0.2, -0.15) is 0 Å². The molecule has 0 aromatic carbocycles. The number of alkyl halides is 1. The van der Waals surface area contributed by atoms with Crippen molar-refractivity contribution in [3.8, 4) is 0 Å². The quantitative estimate of drug-likeness (QED) is 0.483. The highest BCUT2D eigenvalue weighted by molar-refractivity contribution is 14.1. The smallest absolute Gasteiger partial charge is 0.0209 e. The number of rotatable bonds is 1. The highest BCUT2D eigenvalue weighted by Gasteiger charge is 1.99. The third-order valence-electron chi connectivity index (χ3n) is 1.54. The van der Waals surface area contributed by atoms with Gasteiger partial charge < -0.3 is 0 Å². The lowest BCUT2D eigenvalue weighted by Crippen LogP contribution is -1.90. The first-order valence-electron chi connectivity index (χ1n) is 3.25. The van der Waals surface area contributed by atoms with Crippen LogP contribution in [0.4, 0.5) is 0 Å².